The van der Waals surface area contributed by atoms with E-state index in [0.717, 1.165) is 42.7 Å². The quantitative estimate of drug-likeness (QED) is 0.473. The summed E-state index contributed by atoms with van der Waals surface area (Å²) in [5.41, 5.74) is -0.545. The zero-order valence-electron chi connectivity index (χ0n) is 20.5. The minimum Gasteiger partial charge on any atom is -0.493 e. The van der Waals surface area contributed by atoms with Crippen LogP contribution in [0.3, 0.4) is 0 Å². The van der Waals surface area contributed by atoms with Crippen molar-refractivity contribution < 1.29 is 27.4 Å². The standard InChI is InChI=1S/C26H29F3N4O3/c1-15-6-4-7-16-8-5-11-32(24(15)16)25(34)19-14-23-30-18(13-22(26(27,28)29)33(23)31-19)17-9-10-20(35-2)21(12-17)36-3/h9-10,12-16,24H,4-8,11H2,1-3H3/t15-,16+,24-/m1/s1. The lowest BCUT2D eigenvalue weighted by molar-refractivity contribution is -0.142. The molecule has 0 N–H and O–H groups in total. The van der Waals surface area contributed by atoms with Crippen molar-refractivity contribution in [3.05, 3.63) is 41.7 Å². The Hall–Kier alpha value is -3.30. The van der Waals surface area contributed by atoms with Crippen molar-refractivity contribution in [3.63, 3.8) is 0 Å². The molecular formula is C26H29F3N4O3. The van der Waals surface area contributed by atoms with E-state index in [-0.39, 0.29) is 29.0 Å². The third-order valence-corrected chi connectivity index (χ3v) is 7.51. The van der Waals surface area contributed by atoms with Gasteiger partial charge in [0.25, 0.3) is 5.91 Å². The zero-order valence-corrected chi connectivity index (χ0v) is 20.5. The van der Waals surface area contributed by atoms with Gasteiger partial charge in [-0.25, -0.2) is 9.50 Å². The zero-order chi connectivity index (χ0) is 25.6. The number of amides is 1. The Labute approximate surface area is 207 Å². The van der Waals surface area contributed by atoms with Crippen LogP contribution >= 0.6 is 0 Å². The highest BCUT2D eigenvalue weighted by atomic mass is 19.4. The summed E-state index contributed by atoms with van der Waals surface area (Å²) in [4.78, 5) is 19.8. The van der Waals surface area contributed by atoms with Gasteiger partial charge in [0.2, 0.25) is 0 Å². The molecule has 192 valence electrons. The van der Waals surface area contributed by atoms with E-state index in [1.165, 1.54) is 20.3 Å². The number of halogens is 3. The van der Waals surface area contributed by atoms with E-state index in [0.29, 0.717) is 35.4 Å². The summed E-state index contributed by atoms with van der Waals surface area (Å²) in [5.74, 6) is 1.28. The van der Waals surface area contributed by atoms with E-state index in [9.17, 15) is 18.0 Å². The molecule has 3 heterocycles. The number of piperidine rings is 1. The molecule has 1 saturated carbocycles. The second-order valence-corrected chi connectivity index (χ2v) is 9.69. The van der Waals surface area contributed by atoms with Gasteiger partial charge in [0.15, 0.2) is 28.5 Å². The first-order valence-electron chi connectivity index (χ1n) is 12.2. The fraction of sp³-hybridized carbons (Fsp3) is 0.500. The summed E-state index contributed by atoms with van der Waals surface area (Å²) in [6.45, 7) is 2.75. The number of hydrogen-bond donors (Lipinski definition) is 0. The van der Waals surface area contributed by atoms with Crippen LogP contribution in [-0.2, 0) is 6.18 Å². The van der Waals surface area contributed by atoms with Gasteiger partial charge in [-0.3, -0.25) is 4.79 Å². The molecule has 2 aromatic heterocycles. The molecule has 3 aromatic rings. The van der Waals surface area contributed by atoms with Crippen molar-refractivity contribution in [2.45, 2.75) is 51.2 Å². The Balaban J connectivity index is 1.57. The van der Waals surface area contributed by atoms with E-state index < -0.39 is 11.9 Å². The van der Waals surface area contributed by atoms with Crippen molar-refractivity contribution in [2.24, 2.45) is 11.8 Å². The van der Waals surface area contributed by atoms with Gasteiger partial charge in [0.05, 0.1) is 19.9 Å². The summed E-state index contributed by atoms with van der Waals surface area (Å²) in [6, 6.07) is 7.19. The Morgan fingerprint density at radius 2 is 1.78 bits per heavy atom. The first-order valence-corrected chi connectivity index (χ1v) is 12.2. The van der Waals surface area contributed by atoms with Gasteiger partial charge in [-0.15, -0.1) is 0 Å². The van der Waals surface area contributed by atoms with E-state index in [2.05, 4.69) is 17.0 Å². The molecule has 0 spiro atoms. The molecule has 5 rings (SSSR count). The minimum absolute atomic E-state index is 0.0177. The SMILES string of the molecule is COc1ccc(-c2cc(C(F)(F)F)n3nc(C(=O)N4CCC[C@@H]5CCC[C@@H](C)[C@H]54)cc3n2)cc1OC. The third-order valence-electron chi connectivity index (χ3n) is 7.51. The second-order valence-electron chi connectivity index (χ2n) is 9.69. The third kappa shape index (κ3) is 4.26. The second kappa shape index (κ2) is 9.29. The van der Waals surface area contributed by atoms with Crippen LogP contribution in [0.5, 0.6) is 11.5 Å². The molecular weight excluding hydrogens is 473 g/mol. The molecule has 36 heavy (non-hydrogen) atoms. The van der Waals surface area contributed by atoms with E-state index >= 15 is 0 Å². The maximum Gasteiger partial charge on any atom is 0.433 e. The van der Waals surface area contributed by atoms with Crippen LogP contribution in [0, 0.1) is 11.8 Å². The molecule has 0 unspecified atom stereocenters. The number of fused-ring (bicyclic) bond motifs is 2. The number of rotatable bonds is 4. The predicted molar refractivity (Wildman–Crippen MR) is 127 cm³/mol. The van der Waals surface area contributed by atoms with Crippen molar-refractivity contribution in [1.29, 1.82) is 0 Å². The first-order chi connectivity index (χ1) is 17.2. The van der Waals surface area contributed by atoms with Gasteiger partial charge >= 0.3 is 6.18 Å². The fourth-order valence-corrected chi connectivity index (χ4v) is 5.87. The summed E-state index contributed by atoms with van der Waals surface area (Å²) >= 11 is 0. The number of aromatic nitrogens is 3. The number of carbonyl (C=O) groups is 1. The number of methoxy groups -OCH3 is 2. The summed E-state index contributed by atoms with van der Waals surface area (Å²) in [6.07, 6.45) is 0.549. The largest absolute Gasteiger partial charge is 0.493 e. The number of benzene rings is 1. The highest BCUT2D eigenvalue weighted by Crippen LogP contribution is 2.40. The number of nitrogens with zero attached hydrogens (tertiary/aromatic N) is 4. The molecule has 1 saturated heterocycles. The van der Waals surface area contributed by atoms with Crippen LogP contribution in [0.2, 0.25) is 0 Å². The van der Waals surface area contributed by atoms with Gasteiger partial charge in [0.1, 0.15) is 0 Å². The van der Waals surface area contributed by atoms with Gasteiger partial charge in [-0.2, -0.15) is 18.3 Å². The van der Waals surface area contributed by atoms with Gasteiger partial charge in [0, 0.05) is 24.2 Å². The normalized spacial score (nSPS) is 22.4. The lowest BCUT2D eigenvalue weighted by Crippen LogP contribution is -2.53. The summed E-state index contributed by atoms with van der Waals surface area (Å²) in [5, 5.41) is 4.11. The number of ether oxygens (including phenoxy) is 2. The molecule has 0 bridgehead atoms. The van der Waals surface area contributed by atoms with Crippen LogP contribution in [0.4, 0.5) is 13.2 Å². The topological polar surface area (TPSA) is 69.0 Å². The first kappa shape index (κ1) is 24.4. The predicted octanol–water partition coefficient (Wildman–Crippen LogP) is 5.47. The smallest absolute Gasteiger partial charge is 0.433 e. The van der Waals surface area contributed by atoms with Crippen molar-refractivity contribution in [2.75, 3.05) is 20.8 Å². The number of hydrogen-bond acceptors (Lipinski definition) is 5. The minimum atomic E-state index is -4.70. The lowest BCUT2D eigenvalue weighted by atomic mass is 9.73. The number of alkyl halides is 3. The van der Waals surface area contributed by atoms with Crippen molar-refractivity contribution in [1.82, 2.24) is 19.5 Å². The Kier molecular flexibility index (Phi) is 6.30. The molecule has 1 aliphatic carbocycles. The molecule has 2 aliphatic rings. The average Bonchev–Trinajstić information content (AvgIpc) is 3.30. The van der Waals surface area contributed by atoms with Crippen LogP contribution in [0.25, 0.3) is 16.9 Å². The Bertz CT molecular complexity index is 1290. The van der Waals surface area contributed by atoms with Gasteiger partial charge < -0.3 is 14.4 Å². The maximum atomic E-state index is 14.1. The van der Waals surface area contributed by atoms with E-state index in [1.807, 2.05) is 4.90 Å². The van der Waals surface area contributed by atoms with E-state index in [1.54, 1.807) is 18.2 Å². The van der Waals surface area contributed by atoms with Crippen LogP contribution in [0.1, 0.15) is 55.2 Å². The van der Waals surface area contributed by atoms with Crippen LogP contribution in [0.15, 0.2) is 30.3 Å². The number of carbonyl (C=O) groups excluding carboxylic acids is 1. The Morgan fingerprint density at radius 1 is 1.03 bits per heavy atom. The molecule has 1 amide bonds. The molecule has 1 aromatic carbocycles. The highest BCUT2D eigenvalue weighted by Gasteiger charge is 2.41. The highest BCUT2D eigenvalue weighted by molar-refractivity contribution is 5.93. The maximum absolute atomic E-state index is 14.1. The molecule has 10 heteroatoms. The van der Waals surface area contributed by atoms with Crippen molar-refractivity contribution in [3.8, 4) is 22.8 Å². The number of likely N-dealkylation sites (tertiary alicyclic amines) is 1. The average molecular weight is 503 g/mol. The molecule has 0 radical (unpaired) electrons. The molecule has 7 nitrogen and oxygen atoms in total. The lowest BCUT2D eigenvalue weighted by Gasteiger charge is -2.47. The summed E-state index contributed by atoms with van der Waals surface area (Å²) in [7, 11) is 2.93. The molecule has 1 aliphatic heterocycles. The van der Waals surface area contributed by atoms with Crippen LogP contribution in [-0.4, -0.2) is 52.2 Å². The van der Waals surface area contributed by atoms with Crippen molar-refractivity contribution >= 4 is 11.6 Å². The fourth-order valence-electron chi connectivity index (χ4n) is 5.87. The van der Waals surface area contributed by atoms with E-state index in [4.69, 9.17) is 9.47 Å². The monoisotopic (exact) mass is 502 g/mol. The molecule has 2 fully saturated rings. The van der Waals surface area contributed by atoms with Crippen LogP contribution < -0.4 is 9.47 Å². The Morgan fingerprint density at radius 3 is 2.50 bits per heavy atom. The molecule has 3 atom stereocenters. The van der Waals surface area contributed by atoms with Gasteiger partial charge in [-0.05, 0) is 61.8 Å². The summed E-state index contributed by atoms with van der Waals surface area (Å²) < 4.78 is 53.5. The van der Waals surface area contributed by atoms with Gasteiger partial charge in [-0.1, -0.05) is 13.3 Å².